The highest BCUT2D eigenvalue weighted by Crippen LogP contribution is 2.34. The highest BCUT2D eigenvalue weighted by Gasteiger charge is 2.12. The molecule has 0 unspecified atom stereocenters. The second-order valence-corrected chi connectivity index (χ2v) is 9.67. The molecule has 4 rings (SSSR count). The molecule has 0 atom stereocenters. The number of nitrogens with one attached hydrogen (secondary N) is 1. The average molecular weight is 500 g/mol. The molecule has 11 heteroatoms. The number of thiazole rings is 1. The predicted octanol–water partition coefficient (Wildman–Crippen LogP) is 4.67. The number of aryl methyl sites for hydroxylation is 1. The summed E-state index contributed by atoms with van der Waals surface area (Å²) in [5.74, 6) is 0.610. The van der Waals surface area contributed by atoms with Gasteiger partial charge in [0, 0.05) is 29.9 Å². The third-order valence-electron chi connectivity index (χ3n) is 4.48. The van der Waals surface area contributed by atoms with E-state index in [1.807, 2.05) is 49.2 Å². The first-order chi connectivity index (χ1) is 16.0. The van der Waals surface area contributed by atoms with E-state index in [1.165, 1.54) is 23.1 Å². The Bertz CT molecular complexity index is 1220. The van der Waals surface area contributed by atoms with Gasteiger partial charge in [-0.3, -0.25) is 9.88 Å². The molecule has 0 saturated carbocycles. The summed E-state index contributed by atoms with van der Waals surface area (Å²) < 4.78 is 0. The summed E-state index contributed by atoms with van der Waals surface area (Å²) in [7, 11) is 1.92. The monoisotopic (exact) mass is 499 g/mol. The Balaban J connectivity index is 1.46. The van der Waals surface area contributed by atoms with Crippen LogP contribution in [0.25, 0.3) is 10.6 Å². The van der Waals surface area contributed by atoms with Crippen molar-refractivity contribution in [3.8, 4) is 10.6 Å². The van der Waals surface area contributed by atoms with E-state index in [0.717, 1.165) is 26.9 Å². The highest BCUT2D eigenvalue weighted by molar-refractivity contribution is 7.99. The number of likely N-dealkylation sites (N-methyl/N-ethyl adjacent to an activating group) is 1. The smallest absolute Gasteiger partial charge is 0.193 e. The van der Waals surface area contributed by atoms with E-state index >= 15 is 0 Å². The van der Waals surface area contributed by atoms with Crippen LogP contribution >= 0.6 is 34.7 Å². The Labute approximate surface area is 205 Å². The zero-order chi connectivity index (χ0) is 23.2. The SMILES string of the molecule is Cc1cc(-c2cnc(Nc3cnc(CN(C)CCO)cn3)s2)nc(Sc2ccccc2Cl)n1. The van der Waals surface area contributed by atoms with Gasteiger partial charge in [-0.25, -0.2) is 19.9 Å². The lowest BCUT2D eigenvalue weighted by molar-refractivity contribution is 0.216. The summed E-state index contributed by atoms with van der Waals surface area (Å²) >= 11 is 9.19. The molecule has 0 spiro atoms. The normalized spacial score (nSPS) is 11.2. The minimum Gasteiger partial charge on any atom is -0.395 e. The molecular weight excluding hydrogens is 478 g/mol. The van der Waals surface area contributed by atoms with Gasteiger partial charge in [-0.1, -0.05) is 35.1 Å². The van der Waals surface area contributed by atoms with Crippen molar-refractivity contribution in [2.75, 3.05) is 25.5 Å². The van der Waals surface area contributed by atoms with Crippen LogP contribution in [0.2, 0.25) is 5.02 Å². The second kappa shape index (κ2) is 11.0. The Morgan fingerprint density at radius 2 is 1.97 bits per heavy atom. The minimum atomic E-state index is 0.113. The first-order valence-corrected chi connectivity index (χ1v) is 12.1. The summed E-state index contributed by atoms with van der Waals surface area (Å²) in [4.78, 5) is 26.3. The molecule has 8 nitrogen and oxygen atoms in total. The summed E-state index contributed by atoms with van der Waals surface area (Å²) in [6, 6.07) is 9.57. The molecule has 0 bridgehead atoms. The number of aliphatic hydroxyl groups excluding tert-OH is 1. The molecule has 0 saturated heterocycles. The maximum Gasteiger partial charge on any atom is 0.193 e. The number of anilines is 2. The number of nitrogens with zero attached hydrogens (tertiary/aromatic N) is 6. The molecule has 0 aliphatic rings. The topological polar surface area (TPSA) is 100.0 Å². The summed E-state index contributed by atoms with van der Waals surface area (Å²) in [6.45, 7) is 3.26. The van der Waals surface area contributed by atoms with Gasteiger partial charge in [0.25, 0.3) is 0 Å². The van der Waals surface area contributed by atoms with Gasteiger partial charge in [-0.2, -0.15) is 0 Å². The molecule has 2 N–H and O–H groups in total. The van der Waals surface area contributed by atoms with Crippen LogP contribution in [0.4, 0.5) is 10.9 Å². The maximum absolute atomic E-state index is 9.01. The highest BCUT2D eigenvalue weighted by atomic mass is 35.5. The maximum atomic E-state index is 9.01. The number of benzene rings is 1. The van der Waals surface area contributed by atoms with E-state index in [9.17, 15) is 0 Å². The van der Waals surface area contributed by atoms with Crippen LogP contribution in [0.5, 0.6) is 0 Å². The van der Waals surface area contributed by atoms with Gasteiger partial charge in [0.1, 0.15) is 0 Å². The first-order valence-electron chi connectivity index (χ1n) is 10.1. The predicted molar refractivity (Wildman–Crippen MR) is 132 cm³/mol. The van der Waals surface area contributed by atoms with E-state index in [-0.39, 0.29) is 6.61 Å². The lowest BCUT2D eigenvalue weighted by atomic mass is 10.3. The molecule has 0 radical (unpaired) electrons. The third kappa shape index (κ3) is 6.46. The zero-order valence-corrected chi connectivity index (χ0v) is 20.5. The molecule has 170 valence electrons. The van der Waals surface area contributed by atoms with Crippen LogP contribution in [0, 0.1) is 6.92 Å². The van der Waals surface area contributed by atoms with Crippen LogP contribution in [0.1, 0.15) is 11.4 Å². The largest absolute Gasteiger partial charge is 0.395 e. The number of rotatable bonds is 9. The van der Waals surface area contributed by atoms with Gasteiger partial charge >= 0.3 is 0 Å². The quantitative estimate of drug-likeness (QED) is 0.318. The van der Waals surface area contributed by atoms with Crippen LogP contribution in [0.3, 0.4) is 0 Å². The molecule has 0 aliphatic carbocycles. The molecule has 1 aromatic carbocycles. The van der Waals surface area contributed by atoms with E-state index in [2.05, 4.69) is 25.3 Å². The Morgan fingerprint density at radius 1 is 1.12 bits per heavy atom. The van der Waals surface area contributed by atoms with Crippen LogP contribution in [-0.4, -0.2) is 55.1 Å². The summed E-state index contributed by atoms with van der Waals surface area (Å²) in [5, 5.41) is 14.2. The van der Waals surface area contributed by atoms with Gasteiger partial charge in [-0.05, 0) is 43.9 Å². The van der Waals surface area contributed by atoms with E-state index in [0.29, 0.717) is 34.2 Å². The average Bonchev–Trinajstić information content (AvgIpc) is 3.25. The molecule has 33 heavy (non-hydrogen) atoms. The van der Waals surface area contributed by atoms with Crippen molar-refractivity contribution < 1.29 is 5.11 Å². The fraction of sp³-hybridized carbons (Fsp3) is 0.227. The molecule has 3 heterocycles. The molecule has 0 amide bonds. The Kier molecular flexibility index (Phi) is 7.84. The lowest BCUT2D eigenvalue weighted by Crippen LogP contribution is -2.22. The van der Waals surface area contributed by atoms with Crippen molar-refractivity contribution in [2.24, 2.45) is 0 Å². The first kappa shape index (κ1) is 23.5. The van der Waals surface area contributed by atoms with E-state index in [4.69, 9.17) is 21.7 Å². The van der Waals surface area contributed by atoms with Gasteiger partial charge in [0.15, 0.2) is 16.1 Å². The van der Waals surface area contributed by atoms with Crippen molar-refractivity contribution in [1.29, 1.82) is 0 Å². The number of aromatic nitrogens is 5. The fourth-order valence-corrected chi connectivity index (χ4v) is 4.80. The van der Waals surface area contributed by atoms with E-state index < -0.39 is 0 Å². The standard InChI is InChI=1S/C22H22ClN7OS2/c1-14-9-17(28-22(27-14)32-18-6-4-3-5-16(18)23)19-11-26-21(33-19)29-20-12-24-15(10-25-20)13-30(2)7-8-31/h3-6,9-12,31H,7-8,13H2,1-2H3,(H,25,26,29). The number of hydrogen-bond acceptors (Lipinski definition) is 10. The minimum absolute atomic E-state index is 0.113. The lowest BCUT2D eigenvalue weighted by Gasteiger charge is -2.13. The Morgan fingerprint density at radius 3 is 2.73 bits per heavy atom. The van der Waals surface area contributed by atoms with Crippen molar-refractivity contribution in [2.45, 2.75) is 23.5 Å². The zero-order valence-electron chi connectivity index (χ0n) is 18.1. The molecule has 0 fully saturated rings. The molecule has 4 aromatic rings. The van der Waals surface area contributed by atoms with Crippen molar-refractivity contribution in [1.82, 2.24) is 29.8 Å². The van der Waals surface area contributed by atoms with Crippen LogP contribution in [-0.2, 0) is 6.54 Å². The summed E-state index contributed by atoms with van der Waals surface area (Å²) in [6.07, 6.45) is 5.18. The molecular formula is C22H22ClN7OS2. The number of aliphatic hydroxyl groups is 1. The number of hydrogen-bond donors (Lipinski definition) is 2. The number of halogens is 1. The summed E-state index contributed by atoms with van der Waals surface area (Å²) in [5.41, 5.74) is 2.50. The third-order valence-corrected chi connectivity index (χ3v) is 6.80. The van der Waals surface area contributed by atoms with Crippen molar-refractivity contribution in [3.63, 3.8) is 0 Å². The van der Waals surface area contributed by atoms with Crippen molar-refractivity contribution >= 4 is 45.6 Å². The van der Waals surface area contributed by atoms with E-state index in [1.54, 1.807) is 18.6 Å². The fourth-order valence-electron chi connectivity index (χ4n) is 2.93. The van der Waals surface area contributed by atoms with Gasteiger partial charge in [-0.15, -0.1) is 0 Å². The molecule has 3 aromatic heterocycles. The van der Waals surface area contributed by atoms with Crippen molar-refractivity contribution in [3.05, 3.63) is 65.3 Å². The van der Waals surface area contributed by atoms with Gasteiger partial charge < -0.3 is 10.4 Å². The van der Waals surface area contributed by atoms with Crippen LogP contribution in [0.15, 0.2) is 59.0 Å². The van der Waals surface area contributed by atoms with Gasteiger partial charge in [0.05, 0.1) is 40.3 Å². The van der Waals surface area contributed by atoms with Gasteiger partial charge in [0.2, 0.25) is 0 Å². The second-order valence-electron chi connectivity index (χ2n) is 7.22. The molecule has 0 aliphatic heterocycles. The van der Waals surface area contributed by atoms with Crippen LogP contribution < -0.4 is 5.32 Å². The Hall–Kier alpha value is -2.63.